The lowest BCUT2D eigenvalue weighted by Crippen LogP contribution is -2.26. The standard InChI is InChI=1S/4C17H15Cl2NO/c4*18-15-7-5-11(9-16(15)19)12-6-8-17(20-10-21)14-4-2-1-3-13(12)14/h4*1-5,7,9-10,12,17H,6,8H2,(H,20,21)/t12?,17-;12-,17+;2*12-,17-/m0010/s1. The van der Waals surface area contributed by atoms with Crippen molar-refractivity contribution in [1.29, 1.82) is 0 Å². The van der Waals surface area contributed by atoms with Crippen LogP contribution in [0.5, 0.6) is 0 Å². The molecule has 0 saturated heterocycles. The Morgan fingerprint density at radius 3 is 0.619 bits per heavy atom. The van der Waals surface area contributed by atoms with Gasteiger partial charge in [0.05, 0.1) is 64.3 Å². The van der Waals surface area contributed by atoms with Crippen LogP contribution in [0.25, 0.3) is 0 Å². The molecule has 0 aliphatic heterocycles. The maximum atomic E-state index is 10.8. The first-order valence-corrected chi connectivity index (χ1v) is 30.8. The Morgan fingerprint density at radius 1 is 0.250 bits per heavy atom. The van der Waals surface area contributed by atoms with Crippen LogP contribution in [0.2, 0.25) is 40.2 Å². The van der Waals surface area contributed by atoms with Crippen LogP contribution in [0.15, 0.2) is 170 Å². The first-order chi connectivity index (χ1) is 40.8. The largest absolute Gasteiger partial charge is 0.352 e. The van der Waals surface area contributed by atoms with E-state index in [0.29, 0.717) is 63.9 Å². The molecule has 4 aliphatic rings. The zero-order valence-electron chi connectivity index (χ0n) is 45.4. The van der Waals surface area contributed by atoms with Gasteiger partial charge < -0.3 is 21.3 Å². The first kappa shape index (κ1) is 62.5. The van der Waals surface area contributed by atoms with Gasteiger partial charge in [0.2, 0.25) is 25.6 Å². The van der Waals surface area contributed by atoms with Gasteiger partial charge in [0.15, 0.2) is 0 Å². The van der Waals surface area contributed by atoms with Crippen molar-refractivity contribution in [2.75, 3.05) is 0 Å². The van der Waals surface area contributed by atoms with Gasteiger partial charge in [-0.15, -0.1) is 0 Å². The highest BCUT2D eigenvalue weighted by atomic mass is 35.5. The average Bonchev–Trinajstić information content (AvgIpc) is 3.67. The Balaban J connectivity index is 0.000000134. The van der Waals surface area contributed by atoms with E-state index < -0.39 is 0 Å². The van der Waals surface area contributed by atoms with Crippen molar-refractivity contribution < 1.29 is 19.2 Å². The van der Waals surface area contributed by atoms with Gasteiger partial charge in [-0.2, -0.15) is 0 Å². The molecule has 4 aliphatic carbocycles. The molecule has 0 radical (unpaired) electrons. The molecule has 8 aromatic carbocycles. The molecule has 432 valence electrons. The fourth-order valence-electron chi connectivity index (χ4n) is 12.5. The van der Waals surface area contributed by atoms with E-state index in [0.717, 1.165) is 77.0 Å². The zero-order valence-corrected chi connectivity index (χ0v) is 51.5. The van der Waals surface area contributed by atoms with Crippen molar-refractivity contribution in [3.8, 4) is 0 Å². The minimum atomic E-state index is 0.0951. The van der Waals surface area contributed by atoms with Gasteiger partial charge in [0.25, 0.3) is 0 Å². The molecule has 0 aromatic heterocycles. The molecule has 16 heteroatoms. The predicted octanol–water partition coefficient (Wildman–Crippen LogP) is 18.8. The van der Waals surface area contributed by atoms with Crippen LogP contribution >= 0.6 is 92.8 Å². The lowest BCUT2D eigenvalue weighted by molar-refractivity contribution is -0.111. The molecule has 0 saturated carbocycles. The van der Waals surface area contributed by atoms with E-state index >= 15 is 0 Å². The van der Waals surface area contributed by atoms with Crippen LogP contribution < -0.4 is 21.3 Å². The van der Waals surface area contributed by atoms with Crippen molar-refractivity contribution in [3.63, 3.8) is 0 Å². The Hall–Kier alpha value is -6.04. The minimum Gasteiger partial charge on any atom is -0.352 e. The molecule has 0 bridgehead atoms. The molecule has 8 nitrogen and oxygen atoms in total. The van der Waals surface area contributed by atoms with E-state index in [2.05, 4.69) is 69.8 Å². The minimum absolute atomic E-state index is 0.0951. The van der Waals surface area contributed by atoms with Crippen LogP contribution in [-0.2, 0) is 19.2 Å². The number of carbonyl (C=O) groups is 4. The smallest absolute Gasteiger partial charge is 0.207 e. The van der Waals surface area contributed by atoms with Crippen molar-refractivity contribution >= 4 is 118 Å². The van der Waals surface area contributed by atoms with Crippen LogP contribution in [-0.4, -0.2) is 25.6 Å². The fourth-order valence-corrected chi connectivity index (χ4v) is 13.7. The number of fused-ring (bicyclic) bond motifs is 4. The highest BCUT2D eigenvalue weighted by molar-refractivity contribution is 6.43. The third-order valence-electron chi connectivity index (χ3n) is 16.4. The summed E-state index contributed by atoms with van der Waals surface area (Å²) in [4.78, 5) is 43.1. The second-order valence-corrected chi connectivity index (χ2v) is 24.3. The van der Waals surface area contributed by atoms with Crippen LogP contribution in [0, 0.1) is 0 Å². The number of rotatable bonds is 12. The summed E-state index contributed by atoms with van der Waals surface area (Å²) in [6.07, 6.45) is 10.7. The Labute approximate surface area is 530 Å². The summed E-state index contributed by atoms with van der Waals surface area (Å²) in [6, 6.07) is 56.7. The molecule has 8 aromatic rings. The van der Waals surface area contributed by atoms with Gasteiger partial charge in [-0.3, -0.25) is 19.2 Å². The third kappa shape index (κ3) is 14.8. The van der Waals surface area contributed by atoms with Gasteiger partial charge in [-0.1, -0.05) is 214 Å². The topological polar surface area (TPSA) is 116 Å². The summed E-state index contributed by atoms with van der Waals surface area (Å²) >= 11 is 48.6. The molecule has 12 rings (SSSR count). The highest BCUT2D eigenvalue weighted by Gasteiger charge is 2.32. The van der Waals surface area contributed by atoms with Crippen LogP contribution in [0.1, 0.15) is 166 Å². The summed E-state index contributed by atoms with van der Waals surface area (Å²) in [6.45, 7) is 0. The zero-order chi connectivity index (χ0) is 59.3. The van der Waals surface area contributed by atoms with E-state index in [1.54, 1.807) is 0 Å². The van der Waals surface area contributed by atoms with Crippen LogP contribution in [0.3, 0.4) is 0 Å². The van der Waals surface area contributed by atoms with Gasteiger partial charge in [0.1, 0.15) is 0 Å². The number of hydrogen-bond donors (Lipinski definition) is 4. The SMILES string of the molecule is O=CN[C@@H]1CC[C@@H](c2ccc(Cl)c(Cl)c2)c2ccccc21.O=CN[C@@H]1CC[C@H](c2ccc(Cl)c(Cl)c2)c2ccccc21.O=CN[C@H]1CCC(c2ccc(Cl)c(Cl)c2)c2ccccc21.O=CN[C@H]1CC[C@@H](c2ccc(Cl)c(Cl)c2)c2ccccc21. The van der Waals surface area contributed by atoms with Crippen molar-refractivity contribution in [1.82, 2.24) is 21.3 Å². The number of halogens is 8. The van der Waals surface area contributed by atoms with Crippen LogP contribution in [0.4, 0.5) is 0 Å². The van der Waals surface area contributed by atoms with Gasteiger partial charge in [-0.05, 0) is 167 Å². The number of hydrogen-bond acceptors (Lipinski definition) is 4. The number of amides is 4. The second-order valence-electron chi connectivity index (χ2n) is 21.1. The molecule has 4 amide bonds. The molecule has 0 spiro atoms. The molecule has 0 heterocycles. The predicted molar refractivity (Wildman–Crippen MR) is 344 cm³/mol. The second kappa shape index (κ2) is 29.9. The van der Waals surface area contributed by atoms with E-state index in [1.807, 2.05) is 121 Å². The monoisotopic (exact) mass is 1280 g/mol. The molecule has 84 heavy (non-hydrogen) atoms. The average molecular weight is 1280 g/mol. The highest BCUT2D eigenvalue weighted by Crippen LogP contribution is 2.46. The summed E-state index contributed by atoms with van der Waals surface area (Å²) in [5.74, 6) is 1.17. The van der Waals surface area contributed by atoms with Crippen molar-refractivity contribution in [2.45, 2.75) is 99.2 Å². The number of carbonyl (C=O) groups excluding carboxylic acids is 4. The summed E-state index contributed by atoms with van der Waals surface area (Å²) in [7, 11) is 0. The quantitative estimate of drug-likeness (QED) is 0.0912. The molecule has 8 atom stereocenters. The van der Waals surface area contributed by atoms with Crippen molar-refractivity contribution in [3.05, 3.63) is 277 Å². The van der Waals surface area contributed by atoms with E-state index in [-0.39, 0.29) is 24.2 Å². The molecule has 0 fully saturated rings. The van der Waals surface area contributed by atoms with Gasteiger partial charge in [0, 0.05) is 23.7 Å². The third-order valence-corrected chi connectivity index (χ3v) is 19.4. The van der Waals surface area contributed by atoms with E-state index in [9.17, 15) is 19.2 Å². The molecular weight excluding hydrogens is 1220 g/mol. The maximum Gasteiger partial charge on any atom is 0.207 e. The molecule has 1 unspecified atom stereocenters. The van der Waals surface area contributed by atoms with Gasteiger partial charge >= 0.3 is 0 Å². The lowest BCUT2D eigenvalue weighted by atomic mass is 9.77. The molecular formula is C68H60Cl8N4O4. The summed E-state index contributed by atoms with van der Waals surface area (Å²) < 4.78 is 0. The summed E-state index contributed by atoms with van der Waals surface area (Å²) in [5.41, 5.74) is 14.4. The van der Waals surface area contributed by atoms with Gasteiger partial charge in [-0.25, -0.2) is 0 Å². The van der Waals surface area contributed by atoms with E-state index in [4.69, 9.17) is 92.8 Å². The first-order valence-electron chi connectivity index (χ1n) is 27.8. The molecule has 4 N–H and O–H groups in total. The Morgan fingerprint density at radius 2 is 0.440 bits per heavy atom. The maximum absolute atomic E-state index is 10.8. The normalized spacial score (nSPS) is 20.7. The fraction of sp³-hybridized carbons (Fsp3) is 0.235. The van der Waals surface area contributed by atoms with E-state index in [1.165, 1.54) is 66.8 Å². The summed E-state index contributed by atoms with van der Waals surface area (Å²) in [5, 5.41) is 16.3. The number of nitrogens with one attached hydrogen (secondary N) is 4. The Kier molecular flexibility index (Phi) is 22.2. The Bertz CT molecular complexity index is 3150. The number of benzene rings is 8. The lowest BCUT2D eigenvalue weighted by Gasteiger charge is -2.31. The van der Waals surface area contributed by atoms with Crippen molar-refractivity contribution in [2.24, 2.45) is 0 Å².